The molecule has 0 aliphatic heterocycles. The van der Waals surface area contributed by atoms with Gasteiger partial charge in [0.05, 0.1) is 5.69 Å². The van der Waals surface area contributed by atoms with E-state index >= 15 is 0 Å². The highest BCUT2D eigenvalue weighted by Gasteiger charge is 2.11. The summed E-state index contributed by atoms with van der Waals surface area (Å²) in [6.07, 6.45) is 2.86. The number of hydrogen-bond acceptors (Lipinski definition) is 2. The molecule has 0 amide bonds. The quantitative estimate of drug-likeness (QED) is 0.945. The van der Waals surface area contributed by atoms with Crippen LogP contribution in [0.1, 0.15) is 11.3 Å². The number of nitrogens with zero attached hydrogens (tertiary/aromatic N) is 2. The van der Waals surface area contributed by atoms with E-state index < -0.39 is 0 Å². The van der Waals surface area contributed by atoms with Crippen molar-refractivity contribution in [2.24, 2.45) is 12.8 Å². The summed E-state index contributed by atoms with van der Waals surface area (Å²) in [7, 11) is 1.94. The van der Waals surface area contributed by atoms with E-state index in [1.807, 2.05) is 11.7 Å². The Morgan fingerprint density at radius 3 is 2.82 bits per heavy atom. The molecule has 0 atom stereocenters. The Bertz CT molecular complexity index is 531. The summed E-state index contributed by atoms with van der Waals surface area (Å²) in [4.78, 5) is 0. The molecule has 2 aromatic rings. The fourth-order valence-electron chi connectivity index (χ4n) is 1.97. The van der Waals surface area contributed by atoms with Gasteiger partial charge in [0.15, 0.2) is 0 Å². The second kappa shape index (κ2) is 5.02. The van der Waals surface area contributed by atoms with Crippen LogP contribution in [0.2, 0.25) is 0 Å². The van der Waals surface area contributed by atoms with Gasteiger partial charge in [-0.3, -0.25) is 4.68 Å². The van der Waals surface area contributed by atoms with Crippen LogP contribution < -0.4 is 5.73 Å². The molecule has 0 radical (unpaired) electrons. The summed E-state index contributed by atoms with van der Waals surface area (Å²) in [5.41, 5.74) is 10.3. The summed E-state index contributed by atoms with van der Waals surface area (Å²) in [5.74, 6) is 0. The lowest BCUT2D eigenvalue weighted by Crippen LogP contribution is -2.04. The van der Waals surface area contributed by atoms with E-state index in [0.717, 1.165) is 16.6 Å². The molecule has 1 aromatic carbocycles. The molecule has 4 heteroatoms. The van der Waals surface area contributed by atoms with Gasteiger partial charge in [0.25, 0.3) is 0 Å². The van der Waals surface area contributed by atoms with E-state index in [-0.39, 0.29) is 0 Å². The first-order valence-electron chi connectivity index (χ1n) is 5.61. The Kier molecular flexibility index (Phi) is 3.64. The summed E-state index contributed by atoms with van der Waals surface area (Å²) in [6, 6.07) is 6.29. The lowest BCUT2D eigenvalue weighted by atomic mass is 10.0. The van der Waals surface area contributed by atoms with Crippen molar-refractivity contribution in [3.8, 4) is 11.1 Å². The van der Waals surface area contributed by atoms with Crippen LogP contribution in [0.4, 0.5) is 0 Å². The average molecular weight is 294 g/mol. The third-order valence-corrected chi connectivity index (χ3v) is 3.27. The molecular formula is C13H16BrN3. The molecule has 0 unspecified atom stereocenters. The smallest absolute Gasteiger partial charge is 0.0715 e. The summed E-state index contributed by atoms with van der Waals surface area (Å²) in [5, 5.41) is 4.47. The molecule has 1 aromatic heterocycles. The Hall–Kier alpha value is -1.13. The van der Waals surface area contributed by atoms with Gasteiger partial charge in [-0.2, -0.15) is 5.10 Å². The Morgan fingerprint density at radius 2 is 2.12 bits per heavy atom. The molecule has 2 rings (SSSR count). The van der Waals surface area contributed by atoms with Crippen molar-refractivity contribution in [2.75, 3.05) is 6.54 Å². The van der Waals surface area contributed by atoms with Gasteiger partial charge in [-0.1, -0.05) is 22.0 Å². The minimum absolute atomic E-state index is 0.622. The number of rotatable bonds is 3. The maximum absolute atomic E-state index is 5.63. The van der Waals surface area contributed by atoms with Crippen LogP contribution in [0.5, 0.6) is 0 Å². The highest BCUT2D eigenvalue weighted by atomic mass is 79.9. The van der Waals surface area contributed by atoms with Gasteiger partial charge in [0.2, 0.25) is 0 Å². The predicted molar refractivity (Wildman–Crippen MR) is 73.8 cm³/mol. The number of aromatic nitrogens is 2. The number of hydrogen-bond donors (Lipinski definition) is 1. The van der Waals surface area contributed by atoms with Gasteiger partial charge in [0, 0.05) is 29.7 Å². The molecule has 90 valence electrons. The summed E-state index contributed by atoms with van der Waals surface area (Å²) in [6.45, 7) is 2.73. The van der Waals surface area contributed by atoms with E-state index in [9.17, 15) is 0 Å². The molecule has 0 spiro atoms. The zero-order valence-corrected chi connectivity index (χ0v) is 11.7. The van der Waals surface area contributed by atoms with Gasteiger partial charge in [0.1, 0.15) is 0 Å². The van der Waals surface area contributed by atoms with Crippen LogP contribution >= 0.6 is 15.9 Å². The van der Waals surface area contributed by atoms with Crippen molar-refractivity contribution in [2.45, 2.75) is 13.3 Å². The van der Waals surface area contributed by atoms with E-state index in [2.05, 4.69) is 52.3 Å². The van der Waals surface area contributed by atoms with Gasteiger partial charge < -0.3 is 5.73 Å². The molecule has 17 heavy (non-hydrogen) atoms. The number of nitrogens with two attached hydrogens (primary N) is 1. The third kappa shape index (κ3) is 2.58. The lowest BCUT2D eigenvalue weighted by Gasteiger charge is -2.06. The highest BCUT2D eigenvalue weighted by molar-refractivity contribution is 9.10. The van der Waals surface area contributed by atoms with Crippen LogP contribution in [0, 0.1) is 6.92 Å². The van der Waals surface area contributed by atoms with Gasteiger partial charge in [-0.05, 0) is 36.7 Å². The van der Waals surface area contributed by atoms with E-state index in [1.54, 1.807) is 0 Å². The van der Waals surface area contributed by atoms with Crippen LogP contribution in [0.3, 0.4) is 0 Å². The molecule has 0 saturated heterocycles. The predicted octanol–water partition coefficient (Wildman–Crippen LogP) is 2.66. The fourth-order valence-corrected chi connectivity index (χ4v) is 2.33. The van der Waals surface area contributed by atoms with Crippen molar-refractivity contribution in [3.05, 3.63) is 40.1 Å². The van der Waals surface area contributed by atoms with Crippen molar-refractivity contribution in [1.29, 1.82) is 0 Å². The van der Waals surface area contributed by atoms with Gasteiger partial charge in [-0.15, -0.1) is 0 Å². The second-order valence-corrected chi connectivity index (χ2v) is 5.08. The van der Waals surface area contributed by atoms with Crippen LogP contribution in [0.15, 0.2) is 28.9 Å². The zero-order valence-electron chi connectivity index (χ0n) is 10.1. The van der Waals surface area contributed by atoms with Gasteiger partial charge >= 0.3 is 0 Å². The van der Waals surface area contributed by atoms with Crippen LogP contribution in [0.25, 0.3) is 11.1 Å². The van der Waals surface area contributed by atoms with Crippen molar-refractivity contribution < 1.29 is 0 Å². The summed E-state index contributed by atoms with van der Waals surface area (Å²) < 4.78 is 2.93. The van der Waals surface area contributed by atoms with E-state index in [0.29, 0.717) is 6.54 Å². The van der Waals surface area contributed by atoms with Crippen molar-refractivity contribution >= 4 is 15.9 Å². The normalized spacial score (nSPS) is 10.8. The van der Waals surface area contributed by atoms with Crippen molar-refractivity contribution in [3.63, 3.8) is 0 Å². The molecule has 0 aliphatic carbocycles. The number of aryl methyl sites for hydroxylation is 2. The number of halogens is 1. The molecular weight excluding hydrogens is 278 g/mol. The first kappa shape index (κ1) is 12.3. The molecule has 0 aliphatic rings. The first-order valence-corrected chi connectivity index (χ1v) is 6.40. The Morgan fingerprint density at radius 1 is 1.35 bits per heavy atom. The third-order valence-electron chi connectivity index (χ3n) is 2.78. The van der Waals surface area contributed by atoms with E-state index in [4.69, 9.17) is 5.73 Å². The molecule has 1 heterocycles. The summed E-state index contributed by atoms with van der Waals surface area (Å²) >= 11 is 3.51. The first-order chi connectivity index (χ1) is 8.11. The fraction of sp³-hybridized carbons (Fsp3) is 0.308. The maximum atomic E-state index is 5.63. The number of benzene rings is 1. The van der Waals surface area contributed by atoms with Gasteiger partial charge in [-0.25, -0.2) is 0 Å². The Labute approximate surface area is 110 Å². The molecule has 0 saturated carbocycles. The van der Waals surface area contributed by atoms with Crippen LogP contribution in [-0.2, 0) is 13.5 Å². The lowest BCUT2D eigenvalue weighted by molar-refractivity contribution is 0.739. The monoisotopic (exact) mass is 293 g/mol. The molecule has 2 N–H and O–H groups in total. The van der Waals surface area contributed by atoms with Crippen LogP contribution in [-0.4, -0.2) is 16.3 Å². The largest absolute Gasteiger partial charge is 0.330 e. The SMILES string of the molecule is Cc1ccc(Br)cc1-c1cn(C)nc1CCN. The zero-order chi connectivity index (χ0) is 12.4. The topological polar surface area (TPSA) is 43.8 Å². The molecule has 0 bridgehead atoms. The maximum Gasteiger partial charge on any atom is 0.0715 e. The second-order valence-electron chi connectivity index (χ2n) is 4.16. The molecule has 0 fully saturated rings. The Balaban J connectivity index is 2.55. The molecule has 3 nitrogen and oxygen atoms in total. The average Bonchev–Trinajstić information content (AvgIpc) is 2.64. The van der Waals surface area contributed by atoms with Crippen molar-refractivity contribution in [1.82, 2.24) is 9.78 Å². The standard InChI is InChI=1S/C13H16BrN3/c1-9-3-4-10(14)7-11(9)12-8-17(2)16-13(12)5-6-15/h3-4,7-8H,5-6,15H2,1-2H3. The minimum Gasteiger partial charge on any atom is -0.330 e. The van der Waals surface area contributed by atoms with E-state index in [1.165, 1.54) is 16.7 Å². The highest BCUT2D eigenvalue weighted by Crippen LogP contribution is 2.29. The minimum atomic E-state index is 0.622.